The smallest absolute Gasteiger partial charge is 0.319 e. The fourth-order valence-corrected chi connectivity index (χ4v) is 8.33. The Hall–Kier alpha value is -3.22. The van der Waals surface area contributed by atoms with Crippen molar-refractivity contribution in [3.63, 3.8) is 0 Å². The number of ether oxygens (including phenoxy) is 1. The molecule has 2 bridgehead atoms. The molecule has 41 heavy (non-hydrogen) atoms. The second kappa shape index (κ2) is 9.40. The van der Waals surface area contributed by atoms with E-state index in [1.54, 1.807) is 6.07 Å². The molecule has 0 saturated carbocycles. The second-order valence-corrected chi connectivity index (χ2v) is 12.8. The summed E-state index contributed by atoms with van der Waals surface area (Å²) < 4.78 is 51.4. The number of anilines is 2. The van der Waals surface area contributed by atoms with Gasteiger partial charge >= 0.3 is 6.01 Å². The third kappa shape index (κ3) is 4.05. The van der Waals surface area contributed by atoms with Gasteiger partial charge in [0.2, 0.25) is 0 Å². The average molecular weight is 582 g/mol. The maximum absolute atomic E-state index is 15.9. The molecule has 8 nitrogen and oxygen atoms in total. The lowest BCUT2D eigenvalue weighted by atomic mass is 9.95. The molecule has 8 rings (SSSR count). The Kier molecular flexibility index (Phi) is 5.84. The monoisotopic (exact) mass is 581 g/mol. The molecule has 4 aliphatic heterocycles. The van der Waals surface area contributed by atoms with Crippen molar-refractivity contribution in [2.45, 2.75) is 55.9 Å². The number of hydrogen-bond acceptors (Lipinski definition) is 9. The van der Waals surface area contributed by atoms with Crippen LogP contribution in [0.4, 0.5) is 24.1 Å². The van der Waals surface area contributed by atoms with Gasteiger partial charge in [-0.05, 0) is 56.5 Å². The number of hydrogen-bond donors (Lipinski definition) is 2. The summed E-state index contributed by atoms with van der Waals surface area (Å²) in [6.07, 6.45) is 3.52. The van der Waals surface area contributed by atoms with Crippen LogP contribution in [0, 0.1) is 11.6 Å². The molecule has 2 aromatic carbocycles. The molecule has 12 heteroatoms. The topological polar surface area (TPSA) is 92.4 Å². The van der Waals surface area contributed by atoms with Gasteiger partial charge in [0, 0.05) is 54.7 Å². The number of alkyl halides is 1. The Morgan fingerprint density at radius 1 is 1.07 bits per heavy atom. The summed E-state index contributed by atoms with van der Waals surface area (Å²) in [6.45, 7) is 3.26. The predicted octanol–water partition coefficient (Wildman–Crippen LogP) is 4.66. The molecule has 4 atom stereocenters. The van der Waals surface area contributed by atoms with E-state index in [1.807, 2.05) is 0 Å². The zero-order chi connectivity index (χ0) is 27.9. The number of nitrogens with two attached hydrogens (primary N) is 1. The number of nitrogens with one attached hydrogen (secondary N) is 1. The normalized spacial score (nSPS) is 27.8. The van der Waals surface area contributed by atoms with Crippen molar-refractivity contribution in [1.29, 1.82) is 0 Å². The summed E-state index contributed by atoms with van der Waals surface area (Å²) in [5, 5.41) is 4.30. The first-order valence-corrected chi connectivity index (χ1v) is 15.1. The molecule has 2 aromatic heterocycles. The zero-order valence-corrected chi connectivity index (χ0v) is 23.2. The number of fused-ring (bicyclic) bond motifs is 5. The third-order valence-corrected chi connectivity index (χ3v) is 10.3. The number of aromatic nitrogens is 3. The summed E-state index contributed by atoms with van der Waals surface area (Å²) in [7, 11) is 0. The molecule has 0 amide bonds. The summed E-state index contributed by atoms with van der Waals surface area (Å²) in [5.74, 6) is -0.267. The van der Waals surface area contributed by atoms with Crippen LogP contribution in [0.25, 0.3) is 32.2 Å². The number of rotatable bonds is 5. The second-order valence-electron chi connectivity index (χ2n) is 11.8. The van der Waals surface area contributed by atoms with Crippen LogP contribution in [0.1, 0.15) is 32.1 Å². The molecule has 0 aliphatic carbocycles. The Labute approximate surface area is 238 Å². The third-order valence-electron chi connectivity index (χ3n) is 9.40. The molecule has 0 unspecified atom stereocenters. The van der Waals surface area contributed by atoms with Crippen LogP contribution in [0.3, 0.4) is 0 Å². The summed E-state index contributed by atoms with van der Waals surface area (Å²) >= 11 is 1.03. The molecule has 4 aromatic rings. The van der Waals surface area contributed by atoms with Gasteiger partial charge in [0.25, 0.3) is 0 Å². The highest BCUT2D eigenvalue weighted by Gasteiger charge is 2.49. The van der Waals surface area contributed by atoms with Crippen molar-refractivity contribution in [2.24, 2.45) is 0 Å². The van der Waals surface area contributed by atoms with Crippen molar-refractivity contribution >= 4 is 43.4 Å². The van der Waals surface area contributed by atoms with Crippen LogP contribution in [-0.4, -0.2) is 76.4 Å². The van der Waals surface area contributed by atoms with Crippen molar-refractivity contribution in [3.05, 3.63) is 35.9 Å². The first-order chi connectivity index (χ1) is 19.9. The predicted molar refractivity (Wildman–Crippen MR) is 153 cm³/mol. The molecular formula is C29H30F3N7OS. The highest BCUT2D eigenvalue weighted by molar-refractivity contribution is 7.22. The first-order valence-electron chi connectivity index (χ1n) is 14.3. The lowest BCUT2D eigenvalue weighted by molar-refractivity contribution is 0.107. The van der Waals surface area contributed by atoms with Crippen molar-refractivity contribution in [1.82, 2.24) is 25.2 Å². The number of benzene rings is 2. The van der Waals surface area contributed by atoms with E-state index in [2.05, 4.69) is 20.1 Å². The van der Waals surface area contributed by atoms with E-state index in [0.717, 1.165) is 56.7 Å². The van der Waals surface area contributed by atoms with Crippen molar-refractivity contribution < 1.29 is 17.9 Å². The Balaban J connectivity index is 1.25. The fourth-order valence-electron chi connectivity index (χ4n) is 7.56. The number of thiazole rings is 1. The highest BCUT2D eigenvalue weighted by atomic mass is 32.1. The lowest BCUT2D eigenvalue weighted by Gasteiger charge is -2.37. The molecule has 3 N–H and O–H groups in total. The molecule has 0 spiro atoms. The minimum Gasteiger partial charge on any atom is -0.461 e. The fraction of sp³-hybridized carbons (Fsp3) is 0.483. The van der Waals surface area contributed by atoms with Crippen LogP contribution in [0.2, 0.25) is 0 Å². The van der Waals surface area contributed by atoms with Gasteiger partial charge in [0.1, 0.15) is 30.2 Å². The Morgan fingerprint density at radius 2 is 1.90 bits per heavy atom. The minimum absolute atomic E-state index is 0.202. The Bertz CT molecular complexity index is 1670. The van der Waals surface area contributed by atoms with Gasteiger partial charge in [-0.1, -0.05) is 11.3 Å². The molecule has 4 saturated heterocycles. The van der Waals surface area contributed by atoms with E-state index in [-0.39, 0.29) is 39.0 Å². The SMILES string of the molecule is Nc1nc2c(-c3cc4nc(OC[C@@]56CCCN5C[C@H](F)C6)nc(N5[C@@H]6CC[C@H]5CNC6)c4cc3F)ccc(F)c2s1. The van der Waals surface area contributed by atoms with Gasteiger partial charge in [-0.2, -0.15) is 9.97 Å². The molecule has 6 heterocycles. The van der Waals surface area contributed by atoms with Crippen LogP contribution >= 0.6 is 11.3 Å². The molecule has 0 radical (unpaired) electrons. The van der Waals surface area contributed by atoms with Crippen LogP contribution in [-0.2, 0) is 0 Å². The maximum atomic E-state index is 15.9. The molecule has 214 valence electrons. The van der Waals surface area contributed by atoms with Crippen LogP contribution in [0.15, 0.2) is 24.3 Å². The molecule has 4 fully saturated rings. The summed E-state index contributed by atoms with van der Waals surface area (Å²) in [5.41, 5.74) is 7.09. The van der Waals surface area contributed by atoms with Gasteiger partial charge in [0.05, 0.1) is 21.3 Å². The largest absolute Gasteiger partial charge is 0.461 e. The molecule has 4 aliphatic rings. The quantitative estimate of drug-likeness (QED) is 0.352. The van der Waals surface area contributed by atoms with Crippen molar-refractivity contribution in [2.75, 3.05) is 43.4 Å². The number of nitrogen functional groups attached to an aromatic ring is 1. The van der Waals surface area contributed by atoms with Crippen molar-refractivity contribution in [3.8, 4) is 17.1 Å². The van der Waals surface area contributed by atoms with Crippen LogP contribution in [0.5, 0.6) is 6.01 Å². The average Bonchev–Trinajstić information content (AvgIpc) is 3.67. The standard InChI is InChI=1S/C29H30F3N7OS/c30-15-10-29(6-1-7-38(29)13-15)14-40-28-35-23-9-19(18-4-5-21(31)25-24(18)36-27(33)41-25)22(32)8-20(23)26(37-28)39-16-2-3-17(39)12-34-11-16/h4-5,8-9,15-17,34H,1-3,6-7,10-14H2,(H2,33,36)/t15-,16-,17+,29+/m1/s1. The van der Waals surface area contributed by atoms with E-state index < -0.39 is 17.8 Å². The highest BCUT2D eigenvalue weighted by Crippen LogP contribution is 2.42. The maximum Gasteiger partial charge on any atom is 0.319 e. The van der Waals surface area contributed by atoms with Gasteiger partial charge < -0.3 is 20.7 Å². The van der Waals surface area contributed by atoms with E-state index in [0.29, 0.717) is 47.4 Å². The van der Waals surface area contributed by atoms with Gasteiger partial charge in [-0.15, -0.1) is 0 Å². The van der Waals surface area contributed by atoms with E-state index in [9.17, 15) is 8.78 Å². The molecular weight excluding hydrogens is 551 g/mol. The minimum atomic E-state index is -0.860. The number of halogens is 3. The van der Waals surface area contributed by atoms with Crippen LogP contribution < -0.4 is 20.7 Å². The van der Waals surface area contributed by atoms with E-state index >= 15 is 4.39 Å². The van der Waals surface area contributed by atoms with E-state index in [1.165, 1.54) is 18.2 Å². The zero-order valence-electron chi connectivity index (χ0n) is 22.4. The van der Waals surface area contributed by atoms with Gasteiger partial charge in [-0.25, -0.2) is 18.2 Å². The number of nitrogens with zero attached hydrogens (tertiary/aromatic N) is 5. The first kappa shape index (κ1) is 25.5. The summed E-state index contributed by atoms with van der Waals surface area (Å²) in [4.78, 5) is 18.4. The number of piperazine rings is 1. The Morgan fingerprint density at radius 3 is 2.73 bits per heavy atom. The lowest BCUT2D eigenvalue weighted by Crippen LogP contribution is -2.52. The van der Waals surface area contributed by atoms with E-state index in [4.69, 9.17) is 20.4 Å². The summed E-state index contributed by atoms with van der Waals surface area (Å²) in [6, 6.07) is 6.66. The van der Waals surface area contributed by atoms with Gasteiger partial charge in [0.15, 0.2) is 5.13 Å². The van der Waals surface area contributed by atoms with Gasteiger partial charge in [-0.3, -0.25) is 4.90 Å².